The number of carbonyl (C=O) groups excluding carboxylic acids is 1. The van der Waals surface area contributed by atoms with E-state index in [4.69, 9.17) is 0 Å². The number of thioether (sulfide) groups is 1. The van der Waals surface area contributed by atoms with Gasteiger partial charge >= 0.3 is 0 Å². The van der Waals surface area contributed by atoms with E-state index in [1.807, 2.05) is 43.3 Å². The average molecular weight is 419 g/mol. The topological polar surface area (TPSA) is 97.2 Å². The fourth-order valence-electron chi connectivity index (χ4n) is 4.45. The van der Waals surface area contributed by atoms with Gasteiger partial charge < -0.3 is 25.7 Å². The highest BCUT2D eigenvalue weighted by Crippen LogP contribution is 2.41. The van der Waals surface area contributed by atoms with Gasteiger partial charge in [-0.25, -0.2) is 0 Å². The number of amidine groups is 1. The van der Waals surface area contributed by atoms with Gasteiger partial charge in [0.1, 0.15) is 6.10 Å². The second kappa shape index (κ2) is 8.53. The van der Waals surface area contributed by atoms with Gasteiger partial charge in [-0.3, -0.25) is 9.79 Å². The summed E-state index contributed by atoms with van der Waals surface area (Å²) in [6, 6.07) is 7.76. The second-order valence-corrected chi connectivity index (χ2v) is 9.63. The van der Waals surface area contributed by atoms with Gasteiger partial charge in [-0.2, -0.15) is 0 Å². The first-order chi connectivity index (χ1) is 13.9. The number of nitrogens with one attached hydrogen (secondary N) is 2. The lowest BCUT2D eigenvalue weighted by Crippen LogP contribution is -2.54. The summed E-state index contributed by atoms with van der Waals surface area (Å²) in [5.74, 6) is -0.375. The Morgan fingerprint density at radius 2 is 1.86 bits per heavy atom. The molecule has 158 valence electrons. The molecule has 1 aliphatic heterocycles. The molecule has 2 fully saturated rings. The van der Waals surface area contributed by atoms with Crippen molar-refractivity contribution >= 4 is 34.2 Å². The third kappa shape index (κ3) is 4.39. The molecule has 0 saturated heterocycles. The van der Waals surface area contributed by atoms with Crippen molar-refractivity contribution in [3.8, 4) is 0 Å². The molecule has 3 aliphatic rings. The molecule has 7 nitrogen and oxygen atoms in total. The van der Waals surface area contributed by atoms with Gasteiger partial charge in [-0.05, 0) is 43.5 Å². The van der Waals surface area contributed by atoms with Crippen LogP contribution in [0.2, 0.25) is 0 Å². The van der Waals surface area contributed by atoms with Gasteiger partial charge in [0.15, 0.2) is 5.17 Å². The average Bonchev–Trinajstić information content (AvgIpc) is 3.35. The van der Waals surface area contributed by atoms with E-state index in [0.29, 0.717) is 5.17 Å². The minimum absolute atomic E-state index is 0.0165. The zero-order valence-electron chi connectivity index (χ0n) is 16.9. The Bertz CT molecular complexity index is 764. The minimum atomic E-state index is -0.946. The Labute approximate surface area is 176 Å². The minimum Gasteiger partial charge on any atom is -0.390 e. The van der Waals surface area contributed by atoms with Crippen LogP contribution < -0.4 is 15.5 Å². The van der Waals surface area contributed by atoms with Gasteiger partial charge in [-0.1, -0.05) is 24.6 Å². The molecule has 0 spiro atoms. The van der Waals surface area contributed by atoms with Crippen molar-refractivity contribution in [2.24, 2.45) is 10.9 Å². The number of hydrogen-bond acceptors (Lipinski definition) is 7. The predicted octanol–water partition coefficient (Wildman–Crippen LogP) is 1.80. The van der Waals surface area contributed by atoms with E-state index >= 15 is 0 Å². The molecule has 4 N–H and O–H groups in total. The molecular formula is C21H30N4O3S. The van der Waals surface area contributed by atoms with E-state index in [9.17, 15) is 15.0 Å². The van der Waals surface area contributed by atoms with Crippen LogP contribution in [0.1, 0.15) is 32.1 Å². The Morgan fingerprint density at radius 1 is 1.17 bits per heavy atom. The van der Waals surface area contributed by atoms with Crippen LogP contribution >= 0.6 is 11.8 Å². The first-order valence-corrected chi connectivity index (χ1v) is 11.3. The van der Waals surface area contributed by atoms with Crippen molar-refractivity contribution in [1.29, 1.82) is 0 Å². The predicted molar refractivity (Wildman–Crippen MR) is 118 cm³/mol. The number of amides is 1. The van der Waals surface area contributed by atoms with Crippen LogP contribution in [-0.2, 0) is 4.79 Å². The fraction of sp³-hybridized carbons (Fsp3) is 0.619. The van der Waals surface area contributed by atoms with Crippen LogP contribution in [0.25, 0.3) is 0 Å². The monoisotopic (exact) mass is 418 g/mol. The third-order valence-corrected chi connectivity index (χ3v) is 7.47. The van der Waals surface area contributed by atoms with E-state index in [2.05, 4.69) is 15.6 Å². The van der Waals surface area contributed by atoms with Crippen LogP contribution in [0.4, 0.5) is 11.4 Å². The number of aliphatic hydroxyl groups excluding tert-OH is 2. The molecule has 0 aromatic heterocycles. The van der Waals surface area contributed by atoms with E-state index < -0.39 is 18.2 Å². The Morgan fingerprint density at radius 3 is 2.52 bits per heavy atom. The highest BCUT2D eigenvalue weighted by molar-refractivity contribution is 8.15. The van der Waals surface area contributed by atoms with Crippen molar-refractivity contribution in [3.63, 3.8) is 0 Å². The molecule has 0 unspecified atom stereocenters. The van der Waals surface area contributed by atoms with Crippen molar-refractivity contribution in [1.82, 2.24) is 5.32 Å². The number of anilines is 2. The lowest BCUT2D eigenvalue weighted by molar-refractivity contribution is -0.130. The van der Waals surface area contributed by atoms with Crippen molar-refractivity contribution in [2.75, 3.05) is 24.3 Å². The Balaban J connectivity index is 1.45. The summed E-state index contributed by atoms with van der Waals surface area (Å²) < 4.78 is 0. The molecule has 4 rings (SSSR count). The van der Waals surface area contributed by atoms with Crippen LogP contribution in [0, 0.1) is 5.92 Å². The largest absolute Gasteiger partial charge is 0.390 e. The highest BCUT2D eigenvalue weighted by Gasteiger charge is 2.50. The normalized spacial score (nSPS) is 31.9. The molecule has 5 atom stereocenters. The highest BCUT2D eigenvalue weighted by atomic mass is 32.2. The van der Waals surface area contributed by atoms with Gasteiger partial charge in [-0.15, -0.1) is 0 Å². The number of nitrogens with zero attached hydrogens (tertiary/aromatic N) is 2. The third-order valence-electron chi connectivity index (χ3n) is 6.16. The quantitative estimate of drug-likeness (QED) is 0.595. The van der Waals surface area contributed by atoms with Crippen LogP contribution in [0.3, 0.4) is 0 Å². The molecule has 2 saturated carbocycles. The second-order valence-electron chi connectivity index (χ2n) is 8.46. The van der Waals surface area contributed by atoms with Crippen molar-refractivity contribution in [2.45, 2.75) is 61.6 Å². The first-order valence-electron chi connectivity index (χ1n) is 10.4. The zero-order chi connectivity index (χ0) is 20.5. The van der Waals surface area contributed by atoms with Crippen molar-refractivity contribution in [3.05, 3.63) is 24.3 Å². The summed E-state index contributed by atoms with van der Waals surface area (Å²) in [6.07, 6.45) is 2.75. The van der Waals surface area contributed by atoms with Crippen LogP contribution in [0.15, 0.2) is 29.3 Å². The number of hydrogen-bond donors (Lipinski definition) is 4. The smallest absolute Gasteiger partial charge is 0.224 e. The number of rotatable bonds is 4. The summed E-state index contributed by atoms with van der Waals surface area (Å²) in [5, 5.41) is 27.8. The maximum atomic E-state index is 12.9. The lowest BCUT2D eigenvalue weighted by atomic mass is 9.81. The van der Waals surface area contributed by atoms with Gasteiger partial charge in [0, 0.05) is 36.8 Å². The summed E-state index contributed by atoms with van der Waals surface area (Å²) in [5.41, 5.74) is 2.01. The molecule has 0 bridgehead atoms. The number of aliphatic imine (C=N–C) groups is 1. The summed E-state index contributed by atoms with van der Waals surface area (Å²) in [7, 11) is 3.99. The number of benzene rings is 1. The maximum Gasteiger partial charge on any atom is 0.224 e. The summed E-state index contributed by atoms with van der Waals surface area (Å²) >= 11 is 1.50. The Hall–Kier alpha value is -1.77. The van der Waals surface area contributed by atoms with Crippen molar-refractivity contribution < 1.29 is 15.0 Å². The molecule has 1 aromatic carbocycles. The molecule has 2 aliphatic carbocycles. The number of carbonyl (C=O) groups is 1. The molecular weight excluding hydrogens is 388 g/mol. The standard InChI is InChI=1S/C21H30N4O3S/c1-25(2)14-9-7-13(8-10-14)23-21-24-17-18(27)16(26)11-15(19(17)29-21)20(28)22-12-5-3-4-6-12/h7-10,12,15-19,26-27H,3-6,11H2,1-2H3,(H,22,28)(H,23,24)/t15-,16+,17-,18-,19+/m0/s1. The zero-order valence-corrected chi connectivity index (χ0v) is 17.7. The van der Waals surface area contributed by atoms with Crippen LogP contribution in [-0.4, -0.2) is 64.9 Å². The van der Waals surface area contributed by atoms with E-state index in [0.717, 1.165) is 37.1 Å². The van der Waals surface area contributed by atoms with E-state index in [1.165, 1.54) is 11.8 Å². The van der Waals surface area contributed by atoms with Gasteiger partial charge in [0.05, 0.1) is 18.1 Å². The maximum absolute atomic E-state index is 12.9. The molecule has 8 heteroatoms. The van der Waals surface area contributed by atoms with E-state index in [-0.39, 0.29) is 29.5 Å². The number of aliphatic hydroxyl groups is 2. The fourth-order valence-corrected chi connectivity index (χ4v) is 5.83. The molecule has 1 heterocycles. The molecule has 1 aromatic rings. The van der Waals surface area contributed by atoms with Gasteiger partial charge in [0.2, 0.25) is 5.91 Å². The van der Waals surface area contributed by atoms with Gasteiger partial charge in [0.25, 0.3) is 0 Å². The summed E-state index contributed by atoms with van der Waals surface area (Å²) in [4.78, 5) is 19.6. The molecule has 0 radical (unpaired) electrons. The Kier molecular flexibility index (Phi) is 6.03. The summed E-state index contributed by atoms with van der Waals surface area (Å²) in [6.45, 7) is 0. The van der Waals surface area contributed by atoms with E-state index in [1.54, 1.807) is 0 Å². The lowest BCUT2D eigenvalue weighted by Gasteiger charge is -2.37. The van der Waals surface area contributed by atoms with Crippen LogP contribution in [0.5, 0.6) is 0 Å². The molecule has 1 amide bonds. The molecule has 29 heavy (non-hydrogen) atoms. The number of fused-ring (bicyclic) bond motifs is 1. The first kappa shape index (κ1) is 20.5. The SMILES string of the molecule is CN(C)c1ccc(NC2=N[C@H]3[C@@H](O)[C@H](O)C[C@H](C(=O)NC4CCCC4)[C@H]3S2)cc1.